The van der Waals surface area contributed by atoms with E-state index in [0.717, 1.165) is 37.1 Å². The number of hydrogen-bond donors (Lipinski definition) is 1. The highest BCUT2D eigenvalue weighted by molar-refractivity contribution is 5.20. The summed E-state index contributed by atoms with van der Waals surface area (Å²) in [6, 6.07) is 2.82. The zero-order valence-electron chi connectivity index (χ0n) is 12.0. The van der Waals surface area contributed by atoms with Crippen LogP contribution in [0.3, 0.4) is 0 Å². The summed E-state index contributed by atoms with van der Waals surface area (Å²) in [5.41, 5.74) is 1.24. The molecule has 1 aromatic heterocycles. The predicted molar refractivity (Wildman–Crippen MR) is 74.1 cm³/mol. The van der Waals surface area contributed by atoms with Gasteiger partial charge in [-0.05, 0) is 32.3 Å². The molecule has 1 aromatic rings. The molecule has 1 saturated carbocycles. The molecule has 108 valence electrons. The van der Waals surface area contributed by atoms with Crippen LogP contribution in [0.5, 0.6) is 0 Å². The quantitative estimate of drug-likeness (QED) is 0.662. The molecule has 0 atom stereocenters. The molecule has 0 aromatic carbocycles. The highest BCUT2D eigenvalue weighted by Crippen LogP contribution is 2.21. The number of rotatable bonds is 10. The van der Waals surface area contributed by atoms with Crippen molar-refractivity contribution in [1.82, 2.24) is 5.32 Å². The molecule has 4 nitrogen and oxygen atoms in total. The largest absolute Gasteiger partial charge is 0.464 e. The monoisotopic (exact) mass is 267 g/mol. The lowest BCUT2D eigenvalue weighted by Crippen LogP contribution is -2.15. The van der Waals surface area contributed by atoms with Crippen LogP contribution in [0.15, 0.2) is 10.5 Å². The summed E-state index contributed by atoms with van der Waals surface area (Å²) >= 11 is 0. The van der Waals surface area contributed by atoms with Crippen LogP contribution in [0, 0.1) is 6.92 Å². The lowest BCUT2D eigenvalue weighted by atomic mass is 10.2. The van der Waals surface area contributed by atoms with E-state index in [4.69, 9.17) is 13.9 Å². The first-order chi connectivity index (χ1) is 9.29. The van der Waals surface area contributed by atoms with Gasteiger partial charge in [-0.25, -0.2) is 0 Å². The third-order valence-corrected chi connectivity index (χ3v) is 3.19. The first kappa shape index (κ1) is 14.6. The van der Waals surface area contributed by atoms with Crippen LogP contribution in [0.4, 0.5) is 0 Å². The minimum Gasteiger partial charge on any atom is -0.464 e. The van der Waals surface area contributed by atoms with Crippen molar-refractivity contribution in [3.8, 4) is 0 Å². The van der Waals surface area contributed by atoms with Gasteiger partial charge in [0.15, 0.2) is 0 Å². The molecule has 1 aliphatic rings. The van der Waals surface area contributed by atoms with E-state index in [2.05, 4.69) is 18.3 Å². The Bertz CT molecular complexity index is 371. The molecule has 1 heterocycles. The minimum atomic E-state index is 0.528. The molecule has 1 fully saturated rings. The normalized spacial score (nSPS) is 15.1. The second-order valence-electron chi connectivity index (χ2n) is 5.11. The van der Waals surface area contributed by atoms with Gasteiger partial charge in [-0.3, -0.25) is 0 Å². The Morgan fingerprint density at radius 2 is 2.05 bits per heavy atom. The Labute approximate surface area is 115 Å². The third-order valence-electron chi connectivity index (χ3n) is 3.19. The van der Waals surface area contributed by atoms with Crippen molar-refractivity contribution in [2.24, 2.45) is 0 Å². The second kappa shape index (κ2) is 7.68. The van der Waals surface area contributed by atoms with E-state index in [1.807, 2.05) is 6.92 Å². The van der Waals surface area contributed by atoms with Gasteiger partial charge >= 0.3 is 0 Å². The molecule has 2 rings (SSSR count). The van der Waals surface area contributed by atoms with Crippen molar-refractivity contribution in [2.45, 2.75) is 52.3 Å². The number of aryl methyl sites for hydroxylation is 1. The van der Waals surface area contributed by atoms with Crippen molar-refractivity contribution in [3.05, 3.63) is 23.2 Å². The molecule has 1 aliphatic carbocycles. The van der Waals surface area contributed by atoms with Crippen LogP contribution in [0.25, 0.3) is 0 Å². The molecule has 4 heteroatoms. The fourth-order valence-electron chi connectivity index (χ4n) is 1.91. The van der Waals surface area contributed by atoms with Crippen LogP contribution in [-0.4, -0.2) is 25.9 Å². The smallest absolute Gasteiger partial charge is 0.130 e. The Balaban J connectivity index is 1.64. The van der Waals surface area contributed by atoms with Crippen molar-refractivity contribution in [2.75, 3.05) is 19.8 Å². The van der Waals surface area contributed by atoms with Gasteiger partial charge in [0.25, 0.3) is 0 Å². The molecule has 0 saturated heterocycles. The lowest BCUT2D eigenvalue weighted by Gasteiger charge is -2.02. The summed E-state index contributed by atoms with van der Waals surface area (Å²) < 4.78 is 16.6. The third kappa shape index (κ3) is 5.35. The number of nitrogens with one attached hydrogen (secondary N) is 1. The highest BCUT2D eigenvalue weighted by atomic mass is 16.5. The number of furan rings is 1. The number of ether oxygens (including phenoxy) is 2. The summed E-state index contributed by atoms with van der Waals surface area (Å²) in [6.07, 6.45) is 3.67. The van der Waals surface area contributed by atoms with E-state index in [0.29, 0.717) is 19.8 Å². The zero-order valence-corrected chi connectivity index (χ0v) is 12.0. The van der Waals surface area contributed by atoms with Gasteiger partial charge in [-0.15, -0.1) is 0 Å². The zero-order chi connectivity index (χ0) is 13.5. The van der Waals surface area contributed by atoms with Gasteiger partial charge in [-0.2, -0.15) is 0 Å². The predicted octanol–water partition coefficient (Wildman–Crippen LogP) is 2.78. The van der Waals surface area contributed by atoms with E-state index >= 15 is 0 Å². The molecule has 0 amide bonds. The second-order valence-corrected chi connectivity index (χ2v) is 5.11. The summed E-state index contributed by atoms with van der Waals surface area (Å²) in [4.78, 5) is 0. The summed E-state index contributed by atoms with van der Waals surface area (Å²) in [6.45, 7) is 7.63. The topological polar surface area (TPSA) is 43.6 Å². The van der Waals surface area contributed by atoms with Gasteiger partial charge in [0.1, 0.15) is 18.1 Å². The molecule has 0 radical (unpaired) electrons. The molecule has 0 bridgehead atoms. The van der Waals surface area contributed by atoms with Crippen molar-refractivity contribution >= 4 is 0 Å². The van der Waals surface area contributed by atoms with Crippen LogP contribution < -0.4 is 5.32 Å². The molecule has 0 unspecified atom stereocenters. The van der Waals surface area contributed by atoms with Crippen molar-refractivity contribution < 1.29 is 13.9 Å². The van der Waals surface area contributed by atoms with Gasteiger partial charge in [-0.1, -0.05) is 6.92 Å². The van der Waals surface area contributed by atoms with Crippen LogP contribution in [0.1, 0.15) is 43.3 Å². The van der Waals surface area contributed by atoms with Crippen LogP contribution >= 0.6 is 0 Å². The average molecular weight is 267 g/mol. The maximum absolute atomic E-state index is 5.69. The van der Waals surface area contributed by atoms with Gasteiger partial charge in [0.05, 0.1) is 13.2 Å². The van der Waals surface area contributed by atoms with E-state index < -0.39 is 0 Å². The minimum absolute atomic E-state index is 0.528. The first-order valence-corrected chi connectivity index (χ1v) is 7.26. The highest BCUT2D eigenvalue weighted by Gasteiger charge is 2.20. The summed E-state index contributed by atoms with van der Waals surface area (Å²) in [5.74, 6) is 1.90. The SMILES string of the molecule is CCCOCCOCc1cc(CNC2CC2)c(C)o1. The molecule has 1 N–H and O–H groups in total. The summed E-state index contributed by atoms with van der Waals surface area (Å²) in [7, 11) is 0. The van der Waals surface area contributed by atoms with Gasteiger partial charge in [0.2, 0.25) is 0 Å². The molecular formula is C15H25NO3. The van der Waals surface area contributed by atoms with E-state index in [-0.39, 0.29) is 0 Å². The van der Waals surface area contributed by atoms with E-state index in [9.17, 15) is 0 Å². The molecule has 0 aliphatic heterocycles. The fourth-order valence-corrected chi connectivity index (χ4v) is 1.91. The van der Waals surface area contributed by atoms with E-state index in [1.165, 1.54) is 18.4 Å². The Hall–Kier alpha value is -0.840. The van der Waals surface area contributed by atoms with Crippen LogP contribution in [0.2, 0.25) is 0 Å². The Morgan fingerprint density at radius 1 is 1.26 bits per heavy atom. The molecular weight excluding hydrogens is 242 g/mol. The van der Waals surface area contributed by atoms with Crippen molar-refractivity contribution in [1.29, 1.82) is 0 Å². The van der Waals surface area contributed by atoms with Crippen molar-refractivity contribution in [3.63, 3.8) is 0 Å². The fraction of sp³-hybridized carbons (Fsp3) is 0.733. The lowest BCUT2D eigenvalue weighted by molar-refractivity contribution is 0.0348. The van der Waals surface area contributed by atoms with Crippen LogP contribution in [-0.2, 0) is 22.6 Å². The average Bonchev–Trinajstić information content (AvgIpc) is 3.16. The van der Waals surface area contributed by atoms with Gasteiger partial charge < -0.3 is 19.2 Å². The Kier molecular flexibility index (Phi) is 5.89. The Morgan fingerprint density at radius 3 is 2.79 bits per heavy atom. The standard InChI is InChI=1S/C15H25NO3/c1-3-6-17-7-8-18-11-15-9-13(12(2)19-15)10-16-14-4-5-14/h9,14,16H,3-8,10-11H2,1-2H3. The maximum Gasteiger partial charge on any atom is 0.130 e. The van der Waals surface area contributed by atoms with Gasteiger partial charge in [0, 0.05) is 24.8 Å². The molecule has 19 heavy (non-hydrogen) atoms. The summed E-state index contributed by atoms with van der Waals surface area (Å²) in [5, 5.41) is 3.50. The first-order valence-electron chi connectivity index (χ1n) is 7.26. The number of hydrogen-bond acceptors (Lipinski definition) is 4. The van der Waals surface area contributed by atoms with E-state index in [1.54, 1.807) is 0 Å². The molecule has 0 spiro atoms. The maximum atomic E-state index is 5.69.